The fourth-order valence-electron chi connectivity index (χ4n) is 2.94. The van der Waals surface area contributed by atoms with Crippen LogP contribution in [0.4, 0.5) is 5.69 Å². The molecule has 0 bridgehead atoms. The first-order chi connectivity index (χ1) is 12.6. The molecule has 0 aromatic heterocycles. The molecule has 0 spiro atoms. The van der Waals surface area contributed by atoms with Gasteiger partial charge in [0.2, 0.25) is 10.0 Å². The molecule has 1 aliphatic heterocycles. The van der Waals surface area contributed by atoms with Crippen LogP contribution >= 0.6 is 15.9 Å². The molecule has 0 amide bonds. The lowest BCUT2D eigenvalue weighted by atomic mass is 10.2. The number of methoxy groups -OCH3 is 1. The van der Waals surface area contributed by atoms with Gasteiger partial charge in [0, 0.05) is 25.1 Å². The zero-order valence-corrected chi connectivity index (χ0v) is 18.2. The van der Waals surface area contributed by atoms with Crippen molar-refractivity contribution >= 4 is 41.7 Å². The molecular formula is C17H19BrN2O5S2. The van der Waals surface area contributed by atoms with Gasteiger partial charge in [0.15, 0.2) is 0 Å². The fourth-order valence-corrected chi connectivity index (χ4v) is 6.09. The first kappa shape index (κ1) is 20.1. The van der Waals surface area contributed by atoms with Crippen LogP contribution in [0.5, 0.6) is 5.75 Å². The summed E-state index contributed by atoms with van der Waals surface area (Å²) < 4.78 is 59.3. The summed E-state index contributed by atoms with van der Waals surface area (Å²) in [5.41, 5.74) is 1.16. The Hall–Kier alpha value is -1.62. The fraction of sp³-hybridized carbons (Fsp3) is 0.294. The molecule has 0 fully saturated rings. The van der Waals surface area contributed by atoms with Crippen LogP contribution in [0.15, 0.2) is 50.7 Å². The van der Waals surface area contributed by atoms with Crippen molar-refractivity contribution in [2.45, 2.75) is 16.2 Å². The summed E-state index contributed by atoms with van der Waals surface area (Å²) in [6.07, 6.45) is 0.432. The van der Waals surface area contributed by atoms with Gasteiger partial charge in [-0.3, -0.25) is 4.31 Å². The summed E-state index contributed by atoms with van der Waals surface area (Å²) >= 11 is 3.29. The highest BCUT2D eigenvalue weighted by molar-refractivity contribution is 9.10. The van der Waals surface area contributed by atoms with Gasteiger partial charge in [-0.25, -0.2) is 21.1 Å². The molecule has 0 aliphatic carbocycles. The topological polar surface area (TPSA) is 84.0 Å². The minimum Gasteiger partial charge on any atom is -0.495 e. The van der Waals surface area contributed by atoms with E-state index in [1.54, 1.807) is 24.3 Å². The number of ether oxygens (including phenoxy) is 1. The summed E-state index contributed by atoms with van der Waals surface area (Å²) in [5, 5.41) is 0. The van der Waals surface area contributed by atoms with Crippen LogP contribution in [0.25, 0.3) is 0 Å². The van der Waals surface area contributed by atoms with E-state index in [1.165, 1.54) is 37.6 Å². The molecule has 7 nitrogen and oxygen atoms in total. The average Bonchev–Trinajstić information content (AvgIpc) is 3.05. The van der Waals surface area contributed by atoms with Crippen LogP contribution in [0.2, 0.25) is 0 Å². The quantitative estimate of drug-likeness (QED) is 0.664. The Morgan fingerprint density at radius 1 is 1.07 bits per heavy atom. The molecule has 2 aromatic carbocycles. The Labute approximate surface area is 167 Å². The molecule has 3 rings (SSSR count). The van der Waals surface area contributed by atoms with E-state index < -0.39 is 20.0 Å². The van der Waals surface area contributed by atoms with Gasteiger partial charge in [-0.2, -0.15) is 0 Å². The third-order valence-electron chi connectivity index (χ3n) is 4.38. The van der Waals surface area contributed by atoms with Crippen LogP contribution in [-0.2, 0) is 26.5 Å². The summed E-state index contributed by atoms with van der Waals surface area (Å²) in [6, 6.07) is 9.30. The molecular weight excluding hydrogens is 456 g/mol. The molecule has 0 atom stereocenters. The number of rotatable bonds is 5. The second-order valence-corrected chi connectivity index (χ2v) is 11.1. The van der Waals surface area contributed by atoms with E-state index in [9.17, 15) is 16.8 Å². The van der Waals surface area contributed by atoms with E-state index in [4.69, 9.17) is 4.74 Å². The molecule has 10 heteroatoms. The summed E-state index contributed by atoms with van der Waals surface area (Å²) in [4.78, 5) is 0.197. The van der Waals surface area contributed by atoms with Crippen molar-refractivity contribution in [1.29, 1.82) is 0 Å². The van der Waals surface area contributed by atoms with Crippen LogP contribution in [0, 0.1) is 0 Å². The number of hydrogen-bond donors (Lipinski definition) is 0. The molecule has 1 aliphatic rings. The average molecular weight is 475 g/mol. The molecule has 0 unspecified atom stereocenters. The van der Waals surface area contributed by atoms with E-state index in [0.717, 1.165) is 4.31 Å². The van der Waals surface area contributed by atoms with Crippen molar-refractivity contribution in [3.63, 3.8) is 0 Å². The summed E-state index contributed by atoms with van der Waals surface area (Å²) in [6.45, 7) is 0.235. The predicted molar refractivity (Wildman–Crippen MR) is 106 cm³/mol. The van der Waals surface area contributed by atoms with Gasteiger partial charge in [-0.15, -0.1) is 0 Å². The SMILES string of the molecule is COc1ccc(Br)cc1S(=O)(=O)N1CCc2cc(S(=O)(=O)N(C)C)ccc21. The van der Waals surface area contributed by atoms with Crippen molar-refractivity contribution in [2.75, 3.05) is 32.1 Å². The number of hydrogen-bond acceptors (Lipinski definition) is 5. The number of halogens is 1. The zero-order valence-electron chi connectivity index (χ0n) is 15.0. The number of fused-ring (bicyclic) bond motifs is 1. The van der Waals surface area contributed by atoms with E-state index >= 15 is 0 Å². The van der Waals surface area contributed by atoms with Gasteiger partial charge in [0.25, 0.3) is 10.0 Å². The maximum atomic E-state index is 13.2. The minimum atomic E-state index is -3.86. The third-order valence-corrected chi connectivity index (χ3v) is 8.51. The van der Waals surface area contributed by atoms with Crippen LogP contribution in [-0.4, -0.2) is 48.9 Å². The van der Waals surface area contributed by atoms with E-state index in [0.29, 0.717) is 22.1 Å². The first-order valence-corrected chi connectivity index (χ1v) is 11.7. The largest absolute Gasteiger partial charge is 0.495 e. The van der Waals surface area contributed by atoms with Gasteiger partial charge in [-0.05, 0) is 48.4 Å². The van der Waals surface area contributed by atoms with Gasteiger partial charge in [0.1, 0.15) is 10.6 Å². The Morgan fingerprint density at radius 3 is 2.41 bits per heavy atom. The second kappa shape index (κ2) is 7.08. The Balaban J connectivity index is 2.07. The number of benzene rings is 2. The zero-order chi connectivity index (χ0) is 20.0. The maximum absolute atomic E-state index is 13.2. The van der Waals surface area contributed by atoms with E-state index in [2.05, 4.69) is 15.9 Å². The summed E-state index contributed by atoms with van der Waals surface area (Å²) in [5.74, 6) is 0.249. The van der Waals surface area contributed by atoms with Crippen molar-refractivity contribution in [1.82, 2.24) is 4.31 Å². The van der Waals surface area contributed by atoms with Gasteiger partial charge in [0.05, 0.1) is 17.7 Å². The number of anilines is 1. The Morgan fingerprint density at radius 2 is 1.78 bits per heavy atom. The third kappa shape index (κ3) is 3.46. The van der Waals surface area contributed by atoms with Gasteiger partial charge >= 0.3 is 0 Å². The Kier molecular flexibility index (Phi) is 5.28. The van der Waals surface area contributed by atoms with Crippen LogP contribution in [0.3, 0.4) is 0 Å². The lowest BCUT2D eigenvalue weighted by Crippen LogP contribution is -2.29. The van der Waals surface area contributed by atoms with E-state index in [1.807, 2.05) is 0 Å². The lowest BCUT2D eigenvalue weighted by Gasteiger charge is -2.21. The number of nitrogens with zero attached hydrogens (tertiary/aromatic N) is 2. The van der Waals surface area contributed by atoms with Crippen molar-refractivity contribution < 1.29 is 21.6 Å². The molecule has 0 saturated carbocycles. The van der Waals surface area contributed by atoms with Crippen LogP contribution in [0.1, 0.15) is 5.56 Å². The predicted octanol–water partition coefficient (Wildman–Crippen LogP) is 2.46. The molecule has 146 valence electrons. The van der Waals surface area contributed by atoms with E-state index in [-0.39, 0.29) is 22.1 Å². The highest BCUT2D eigenvalue weighted by Gasteiger charge is 2.34. The minimum absolute atomic E-state index is 0.0530. The van der Waals surface area contributed by atoms with Gasteiger partial charge < -0.3 is 4.74 Å². The monoisotopic (exact) mass is 474 g/mol. The standard InChI is InChI=1S/C17H19BrN2O5S2/c1-19(2)26(21,22)14-5-6-15-12(10-14)8-9-20(15)27(23,24)17-11-13(18)4-7-16(17)25-3/h4-7,10-11H,8-9H2,1-3H3. The highest BCUT2D eigenvalue weighted by Crippen LogP contribution is 2.37. The second-order valence-electron chi connectivity index (χ2n) is 6.20. The number of sulfonamides is 2. The normalized spacial score (nSPS) is 14.5. The molecule has 2 aromatic rings. The summed E-state index contributed by atoms with van der Waals surface area (Å²) in [7, 11) is -3.11. The smallest absolute Gasteiger partial charge is 0.268 e. The molecule has 1 heterocycles. The van der Waals surface area contributed by atoms with Gasteiger partial charge in [-0.1, -0.05) is 15.9 Å². The first-order valence-electron chi connectivity index (χ1n) is 8.01. The molecule has 27 heavy (non-hydrogen) atoms. The maximum Gasteiger partial charge on any atom is 0.268 e. The van der Waals surface area contributed by atoms with Crippen molar-refractivity contribution in [2.24, 2.45) is 0 Å². The van der Waals surface area contributed by atoms with Crippen molar-refractivity contribution in [3.05, 3.63) is 46.4 Å². The highest BCUT2D eigenvalue weighted by atomic mass is 79.9. The lowest BCUT2D eigenvalue weighted by molar-refractivity contribution is 0.402. The molecule has 0 radical (unpaired) electrons. The Bertz CT molecular complexity index is 1100. The van der Waals surface area contributed by atoms with Crippen LogP contribution < -0.4 is 9.04 Å². The molecule has 0 N–H and O–H groups in total. The van der Waals surface area contributed by atoms with Crippen molar-refractivity contribution in [3.8, 4) is 5.75 Å². The molecule has 0 saturated heterocycles.